The average Bonchev–Trinajstić information content (AvgIpc) is 2.37. The van der Waals surface area contributed by atoms with Crippen LogP contribution in [0.15, 0.2) is 29.2 Å². The molecule has 2 unspecified atom stereocenters. The standard InChI is InChI=1S/C13H17N3O2S/c1-10-8-16(9-11(2)15-10)19(17,18)13-5-3-12(7-14)4-6-13/h3-6,10-11,15H,8-9H2,1-2H3. The smallest absolute Gasteiger partial charge is 0.243 e. The third-order valence-electron chi connectivity index (χ3n) is 3.15. The second-order valence-corrected chi connectivity index (χ2v) is 6.86. The molecular weight excluding hydrogens is 262 g/mol. The number of hydrogen-bond acceptors (Lipinski definition) is 4. The van der Waals surface area contributed by atoms with Gasteiger partial charge in [0.25, 0.3) is 0 Å². The molecule has 1 saturated heterocycles. The van der Waals surface area contributed by atoms with E-state index in [1.54, 1.807) is 0 Å². The molecule has 0 spiro atoms. The summed E-state index contributed by atoms with van der Waals surface area (Å²) in [5.41, 5.74) is 0.459. The van der Waals surface area contributed by atoms with Gasteiger partial charge in [-0.15, -0.1) is 0 Å². The van der Waals surface area contributed by atoms with E-state index in [4.69, 9.17) is 5.26 Å². The fourth-order valence-corrected chi connectivity index (χ4v) is 3.94. The zero-order valence-electron chi connectivity index (χ0n) is 11.0. The molecule has 1 aliphatic heterocycles. The molecule has 1 heterocycles. The first-order chi connectivity index (χ1) is 8.93. The molecule has 0 aromatic heterocycles. The molecule has 0 amide bonds. The number of benzene rings is 1. The molecule has 0 radical (unpaired) electrons. The second-order valence-electron chi connectivity index (χ2n) is 4.93. The Kier molecular flexibility index (Phi) is 3.90. The lowest BCUT2D eigenvalue weighted by molar-refractivity contribution is 0.263. The fourth-order valence-electron chi connectivity index (χ4n) is 2.32. The SMILES string of the molecule is CC1CN(S(=O)(=O)c2ccc(C#N)cc2)CC(C)N1. The van der Waals surface area contributed by atoms with Gasteiger partial charge in [0, 0.05) is 25.2 Å². The van der Waals surface area contributed by atoms with E-state index in [2.05, 4.69) is 5.32 Å². The van der Waals surface area contributed by atoms with Crippen LogP contribution in [0.4, 0.5) is 0 Å². The minimum atomic E-state index is -3.47. The molecule has 1 N–H and O–H groups in total. The van der Waals surface area contributed by atoms with Gasteiger partial charge in [0.1, 0.15) is 0 Å². The van der Waals surface area contributed by atoms with Crippen molar-refractivity contribution in [1.82, 2.24) is 9.62 Å². The van der Waals surface area contributed by atoms with Gasteiger partial charge in [-0.1, -0.05) is 0 Å². The Morgan fingerprint density at radius 3 is 2.21 bits per heavy atom. The van der Waals surface area contributed by atoms with Gasteiger partial charge in [0.2, 0.25) is 10.0 Å². The summed E-state index contributed by atoms with van der Waals surface area (Å²) >= 11 is 0. The number of rotatable bonds is 2. The highest BCUT2D eigenvalue weighted by Gasteiger charge is 2.31. The van der Waals surface area contributed by atoms with Crippen molar-refractivity contribution in [1.29, 1.82) is 5.26 Å². The normalized spacial score (nSPS) is 24.9. The van der Waals surface area contributed by atoms with Gasteiger partial charge < -0.3 is 5.32 Å². The molecule has 0 saturated carbocycles. The molecule has 1 aliphatic rings. The lowest BCUT2D eigenvalue weighted by Gasteiger charge is -2.35. The van der Waals surface area contributed by atoms with Crippen LogP contribution in [-0.4, -0.2) is 37.9 Å². The Labute approximate surface area is 113 Å². The van der Waals surface area contributed by atoms with Crippen LogP contribution in [0.3, 0.4) is 0 Å². The van der Waals surface area contributed by atoms with Gasteiger partial charge in [-0.05, 0) is 38.1 Å². The van der Waals surface area contributed by atoms with Gasteiger partial charge in [-0.3, -0.25) is 0 Å². The topological polar surface area (TPSA) is 73.2 Å². The van der Waals surface area contributed by atoms with Gasteiger partial charge in [0.05, 0.1) is 16.5 Å². The number of nitriles is 1. The molecule has 5 nitrogen and oxygen atoms in total. The van der Waals surface area contributed by atoms with Crippen molar-refractivity contribution in [3.05, 3.63) is 29.8 Å². The fraction of sp³-hybridized carbons (Fsp3) is 0.462. The van der Waals surface area contributed by atoms with Crippen LogP contribution < -0.4 is 5.32 Å². The van der Waals surface area contributed by atoms with Crippen LogP contribution >= 0.6 is 0 Å². The molecule has 102 valence electrons. The van der Waals surface area contributed by atoms with E-state index in [0.717, 1.165) is 0 Å². The number of nitrogens with one attached hydrogen (secondary N) is 1. The van der Waals surface area contributed by atoms with E-state index < -0.39 is 10.0 Å². The first-order valence-electron chi connectivity index (χ1n) is 6.20. The molecule has 6 heteroatoms. The second kappa shape index (κ2) is 5.29. The van der Waals surface area contributed by atoms with E-state index in [0.29, 0.717) is 18.7 Å². The summed E-state index contributed by atoms with van der Waals surface area (Å²) in [6.45, 7) is 4.87. The van der Waals surface area contributed by atoms with Crippen molar-refractivity contribution in [2.75, 3.05) is 13.1 Å². The molecule has 0 aliphatic carbocycles. The Morgan fingerprint density at radius 2 is 1.74 bits per heavy atom. The van der Waals surface area contributed by atoms with Crippen LogP contribution in [0.5, 0.6) is 0 Å². The zero-order chi connectivity index (χ0) is 14.0. The first-order valence-corrected chi connectivity index (χ1v) is 7.64. The molecule has 1 aromatic carbocycles. The van der Waals surface area contributed by atoms with Gasteiger partial charge in [-0.25, -0.2) is 8.42 Å². The zero-order valence-corrected chi connectivity index (χ0v) is 11.8. The van der Waals surface area contributed by atoms with Crippen molar-refractivity contribution in [2.24, 2.45) is 0 Å². The molecule has 2 rings (SSSR count). The van der Waals surface area contributed by atoms with Crippen LogP contribution in [0.25, 0.3) is 0 Å². The van der Waals surface area contributed by atoms with E-state index in [1.165, 1.54) is 28.6 Å². The minimum Gasteiger partial charge on any atom is -0.309 e. The van der Waals surface area contributed by atoms with Gasteiger partial charge in [-0.2, -0.15) is 9.57 Å². The Bertz CT molecular complexity index is 579. The molecule has 2 atom stereocenters. The van der Waals surface area contributed by atoms with Crippen molar-refractivity contribution in [3.8, 4) is 6.07 Å². The highest BCUT2D eigenvalue weighted by Crippen LogP contribution is 2.19. The Balaban J connectivity index is 2.28. The predicted molar refractivity (Wildman–Crippen MR) is 72.0 cm³/mol. The number of sulfonamides is 1. The Morgan fingerprint density at radius 1 is 1.21 bits per heavy atom. The largest absolute Gasteiger partial charge is 0.309 e. The molecular formula is C13H17N3O2S. The third kappa shape index (κ3) is 2.95. The van der Waals surface area contributed by atoms with Crippen LogP contribution in [0.1, 0.15) is 19.4 Å². The minimum absolute atomic E-state index is 0.136. The van der Waals surface area contributed by atoms with Crippen molar-refractivity contribution < 1.29 is 8.42 Å². The average molecular weight is 279 g/mol. The summed E-state index contributed by atoms with van der Waals surface area (Å²) in [5.74, 6) is 0. The highest BCUT2D eigenvalue weighted by atomic mass is 32.2. The van der Waals surface area contributed by atoms with E-state index in [-0.39, 0.29) is 17.0 Å². The number of nitrogens with zero attached hydrogens (tertiary/aromatic N) is 2. The van der Waals surface area contributed by atoms with E-state index >= 15 is 0 Å². The lowest BCUT2D eigenvalue weighted by Crippen LogP contribution is -2.55. The maximum atomic E-state index is 12.5. The van der Waals surface area contributed by atoms with Crippen molar-refractivity contribution in [2.45, 2.75) is 30.8 Å². The summed E-state index contributed by atoms with van der Waals surface area (Å²) in [5, 5.41) is 12.0. The maximum Gasteiger partial charge on any atom is 0.243 e. The molecule has 0 bridgehead atoms. The molecule has 1 aromatic rings. The van der Waals surface area contributed by atoms with Crippen molar-refractivity contribution in [3.63, 3.8) is 0 Å². The van der Waals surface area contributed by atoms with Gasteiger partial charge >= 0.3 is 0 Å². The van der Waals surface area contributed by atoms with Crippen LogP contribution in [0.2, 0.25) is 0 Å². The molecule has 1 fully saturated rings. The monoisotopic (exact) mass is 279 g/mol. The van der Waals surface area contributed by atoms with E-state index in [1.807, 2.05) is 19.9 Å². The highest BCUT2D eigenvalue weighted by molar-refractivity contribution is 7.89. The van der Waals surface area contributed by atoms with Gasteiger partial charge in [0.15, 0.2) is 0 Å². The summed E-state index contributed by atoms with van der Waals surface area (Å²) in [4.78, 5) is 0.243. The van der Waals surface area contributed by atoms with Crippen LogP contribution in [0, 0.1) is 11.3 Å². The summed E-state index contributed by atoms with van der Waals surface area (Å²) in [6, 6.07) is 8.29. The summed E-state index contributed by atoms with van der Waals surface area (Å²) in [7, 11) is -3.47. The number of hydrogen-bond donors (Lipinski definition) is 1. The van der Waals surface area contributed by atoms with E-state index in [9.17, 15) is 8.42 Å². The first kappa shape index (κ1) is 14.0. The quantitative estimate of drug-likeness (QED) is 0.874. The summed E-state index contributed by atoms with van der Waals surface area (Å²) < 4.78 is 26.5. The third-order valence-corrected chi connectivity index (χ3v) is 4.99. The maximum absolute atomic E-state index is 12.5. The lowest BCUT2D eigenvalue weighted by atomic mass is 10.2. The van der Waals surface area contributed by atoms with Crippen molar-refractivity contribution >= 4 is 10.0 Å². The van der Waals surface area contributed by atoms with Crippen LogP contribution in [-0.2, 0) is 10.0 Å². The predicted octanol–water partition coefficient (Wildman–Crippen LogP) is 0.929. The Hall–Kier alpha value is -1.42. The summed E-state index contributed by atoms with van der Waals surface area (Å²) in [6.07, 6.45) is 0. The number of piperazine rings is 1. The molecule has 19 heavy (non-hydrogen) atoms.